The summed E-state index contributed by atoms with van der Waals surface area (Å²) in [5.41, 5.74) is -2.07. The summed E-state index contributed by atoms with van der Waals surface area (Å²) >= 11 is 0. The summed E-state index contributed by atoms with van der Waals surface area (Å²) in [7, 11) is 0. The minimum Gasteiger partial charge on any atom is -0.465 e. The van der Waals surface area contributed by atoms with Crippen molar-refractivity contribution in [3.8, 4) is 0 Å². The number of alkyl halides is 2. The molecule has 1 aromatic carbocycles. The molecule has 0 radical (unpaired) electrons. The third-order valence-electron chi connectivity index (χ3n) is 4.24. The van der Waals surface area contributed by atoms with Crippen LogP contribution in [-0.2, 0) is 10.7 Å². The van der Waals surface area contributed by atoms with Gasteiger partial charge in [0.2, 0.25) is 5.78 Å². The molecule has 4 nitrogen and oxygen atoms in total. The van der Waals surface area contributed by atoms with Gasteiger partial charge in [-0.15, -0.1) is 0 Å². The molecule has 0 saturated carbocycles. The maximum absolute atomic E-state index is 14.9. The molecule has 0 bridgehead atoms. The molecule has 0 heterocycles. The molecule has 0 aliphatic rings. The molecule has 1 aromatic rings. The van der Waals surface area contributed by atoms with Gasteiger partial charge in [-0.3, -0.25) is 9.69 Å². The van der Waals surface area contributed by atoms with Crippen LogP contribution in [0.25, 0.3) is 0 Å². The number of Topliss-reactive ketones (excluding diaryl/α,β-unsaturated/α-hetero) is 1. The first-order valence-corrected chi connectivity index (χ1v) is 8.57. The fourth-order valence-electron chi connectivity index (χ4n) is 2.93. The van der Waals surface area contributed by atoms with E-state index in [2.05, 4.69) is 0 Å². The van der Waals surface area contributed by atoms with Crippen LogP contribution in [0.2, 0.25) is 0 Å². The number of halogens is 3. The number of nitrogens with zero attached hydrogens (tertiary/aromatic N) is 1. The third-order valence-corrected chi connectivity index (χ3v) is 4.24. The summed E-state index contributed by atoms with van der Waals surface area (Å²) < 4.78 is 43.8. The van der Waals surface area contributed by atoms with Crippen molar-refractivity contribution in [2.75, 3.05) is 0 Å². The molecule has 1 atom stereocenters. The van der Waals surface area contributed by atoms with Gasteiger partial charge in [0.15, 0.2) is 0 Å². The smallest absolute Gasteiger partial charge is 0.408 e. The summed E-state index contributed by atoms with van der Waals surface area (Å²) in [6.45, 7) is 8.08. The predicted molar refractivity (Wildman–Crippen MR) is 92.9 cm³/mol. The van der Waals surface area contributed by atoms with Crippen LogP contribution in [0, 0.1) is 5.82 Å². The molecule has 0 aromatic heterocycles. The Kier molecular flexibility index (Phi) is 6.85. The number of unbranched alkanes of at least 4 members (excludes halogenated alkanes) is 1. The van der Waals surface area contributed by atoms with Crippen molar-refractivity contribution in [1.29, 1.82) is 0 Å². The van der Waals surface area contributed by atoms with E-state index in [1.54, 1.807) is 27.7 Å². The van der Waals surface area contributed by atoms with Gasteiger partial charge in [0, 0.05) is 17.5 Å². The van der Waals surface area contributed by atoms with E-state index in [0.29, 0.717) is 12.8 Å². The molecular weight excluding hydrogens is 347 g/mol. The van der Waals surface area contributed by atoms with Crippen LogP contribution in [0.4, 0.5) is 18.0 Å². The second-order valence-electron chi connectivity index (χ2n) is 7.31. The summed E-state index contributed by atoms with van der Waals surface area (Å²) in [5, 5.41) is 9.45. The quantitative estimate of drug-likeness (QED) is 0.685. The number of carboxylic acid groups (broad SMARTS) is 1. The Balaban J connectivity index is 3.36. The maximum atomic E-state index is 14.9. The van der Waals surface area contributed by atoms with Crippen LogP contribution in [0.5, 0.6) is 0 Å². The number of carbonyl (C=O) groups is 2. The molecule has 0 aliphatic heterocycles. The van der Waals surface area contributed by atoms with Gasteiger partial charge in [0.05, 0.1) is 11.6 Å². The Hall–Kier alpha value is -2.05. The van der Waals surface area contributed by atoms with Crippen LogP contribution in [0.3, 0.4) is 0 Å². The summed E-state index contributed by atoms with van der Waals surface area (Å²) in [4.78, 5) is 24.4. The Morgan fingerprint density at radius 3 is 2.27 bits per heavy atom. The van der Waals surface area contributed by atoms with Crippen LogP contribution in [0.15, 0.2) is 18.2 Å². The van der Waals surface area contributed by atoms with Gasteiger partial charge in [-0.2, -0.15) is 8.78 Å². The molecule has 0 fully saturated rings. The lowest BCUT2D eigenvalue weighted by Gasteiger charge is -2.38. The van der Waals surface area contributed by atoms with Crippen molar-refractivity contribution in [2.24, 2.45) is 0 Å². The fourth-order valence-corrected chi connectivity index (χ4v) is 2.93. The van der Waals surface area contributed by atoms with Crippen molar-refractivity contribution in [2.45, 2.75) is 71.4 Å². The second kappa shape index (κ2) is 8.10. The van der Waals surface area contributed by atoms with E-state index in [-0.39, 0.29) is 12.0 Å². The van der Waals surface area contributed by atoms with E-state index in [4.69, 9.17) is 0 Å². The Morgan fingerprint density at radius 1 is 1.23 bits per heavy atom. The lowest BCUT2D eigenvalue weighted by Crippen LogP contribution is -2.46. The number of carbonyl (C=O) groups excluding carboxylic acids is 1. The van der Waals surface area contributed by atoms with Gasteiger partial charge in [-0.1, -0.05) is 25.5 Å². The molecule has 146 valence electrons. The molecule has 1 N–H and O–H groups in total. The van der Waals surface area contributed by atoms with Gasteiger partial charge in [-0.05, 0) is 40.2 Å². The minimum absolute atomic E-state index is 0.192. The molecule has 0 spiro atoms. The van der Waals surface area contributed by atoms with Crippen molar-refractivity contribution in [3.63, 3.8) is 0 Å². The van der Waals surface area contributed by atoms with Gasteiger partial charge >= 0.3 is 12.0 Å². The zero-order valence-corrected chi connectivity index (χ0v) is 15.8. The highest BCUT2D eigenvalue weighted by atomic mass is 19.3. The molecular formula is C19H26F3NO3. The highest BCUT2D eigenvalue weighted by molar-refractivity contribution is 5.87. The highest BCUT2D eigenvalue weighted by Crippen LogP contribution is 2.37. The van der Waals surface area contributed by atoms with Crippen LogP contribution < -0.4 is 0 Å². The van der Waals surface area contributed by atoms with Crippen molar-refractivity contribution >= 4 is 11.9 Å². The molecule has 1 rings (SSSR count). The van der Waals surface area contributed by atoms with Crippen LogP contribution >= 0.6 is 0 Å². The van der Waals surface area contributed by atoms with Gasteiger partial charge < -0.3 is 5.11 Å². The largest absolute Gasteiger partial charge is 0.465 e. The molecule has 0 aliphatic carbocycles. The number of hydrogen-bond donors (Lipinski definition) is 1. The van der Waals surface area contributed by atoms with E-state index >= 15 is 0 Å². The number of amides is 1. The molecule has 26 heavy (non-hydrogen) atoms. The van der Waals surface area contributed by atoms with Crippen molar-refractivity contribution < 1.29 is 27.9 Å². The van der Waals surface area contributed by atoms with E-state index in [1.807, 2.05) is 0 Å². The van der Waals surface area contributed by atoms with Crippen molar-refractivity contribution in [1.82, 2.24) is 4.90 Å². The zero-order chi connectivity index (χ0) is 20.3. The number of hydrogen-bond acceptors (Lipinski definition) is 2. The topological polar surface area (TPSA) is 57.6 Å². The summed E-state index contributed by atoms with van der Waals surface area (Å²) in [6.07, 6.45) is -0.768. The first kappa shape index (κ1) is 22.0. The van der Waals surface area contributed by atoms with Gasteiger partial charge in [-0.25, -0.2) is 9.18 Å². The lowest BCUT2D eigenvalue weighted by atomic mass is 9.94. The SMILES string of the molecule is CCCCC(=O)C(F)(F)c1cccc([C@@H](C)N(C(=O)O)C(C)(C)C)c1F. The third kappa shape index (κ3) is 4.56. The van der Waals surface area contributed by atoms with Gasteiger partial charge in [0.25, 0.3) is 0 Å². The molecule has 7 heteroatoms. The van der Waals surface area contributed by atoms with Crippen LogP contribution in [-0.4, -0.2) is 27.4 Å². The standard InChI is InChI=1S/C19H26F3NO3/c1-6-7-11-15(24)19(21,22)14-10-8-9-13(16(14)20)12(2)23(17(25)26)18(3,4)5/h8-10,12H,6-7,11H2,1-5H3,(H,25,26)/t12-/m1/s1. The fraction of sp³-hybridized carbons (Fsp3) is 0.579. The first-order valence-electron chi connectivity index (χ1n) is 8.57. The second-order valence-corrected chi connectivity index (χ2v) is 7.31. The minimum atomic E-state index is -3.95. The summed E-state index contributed by atoms with van der Waals surface area (Å²) in [6, 6.07) is 2.34. The highest BCUT2D eigenvalue weighted by Gasteiger charge is 2.43. The normalized spacial score (nSPS) is 13.4. The van der Waals surface area contributed by atoms with E-state index in [9.17, 15) is 27.9 Å². The molecule has 1 amide bonds. The Morgan fingerprint density at radius 2 is 1.81 bits per heavy atom. The van der Waals surface area contributed by atoms with E-state index < -0.39 is 40.8 Å². The number of benzene rings is 1. The van der Waals surface area contributed by atoms with Crippen molar-refractivity contribution in [3.05, 3.63) is 35.1 Å². The lowest BCUT2D eigenvalue weighted by molar-refractivity contribution is -0.145. The predicted octanol–water partition coefficient (Wildman–Crippen LogP) is 5.52. The van der Waals surface area contributed by atoms with E-state index in [0.717, 1.165) is 11.0 Å². The maximum Gasteiger partial charge on any atom is 0.408 e. The zero-order valence-electron chi connectivity index (χ0n) is 15.8. The number of ketones is 1. The summed E-state index contributed by atoms with van der Waals surface area (Å²) in [5.74, 6) is -6.54. The monoisotopic (exact) mass is 373 g/mol. The Bertz CT molecular complexity index is 668. The Labute approximate surface area is 152 Å². The number of rotatable bonds is 7. The molecule has 0 unspecified atom stereocenters. The molecule has 0 saturated heterocycles. The van der Waals surface area contributed by atoms with Crippen LogP contribution in [0.1, 0.15) is 71.0 Å². The van der Waals surface area contributed by atoms with Gasteiger partial charge in [0.1, 0.15) is 5.82 Å². The first-order chi connectivity index (χ1) is 11.9. The van der Waals surface area contributed by atoms with E-state index in [1.165, 1.54) is 19.1 Å². The average Bonchev–Trinajstić information content (AvgIpc) is 2.50. The average molecular weight is 373 g/mol.